The zero-order valence-corrected chi connectivity index (χ0v) is 22.0. The number of nitrogens with zero attached hydrogens (tertiary/aromatic N) is 2. The summed E-state index contributed by atoms with van der Waals surface area (Å²) in [5.41, 5.74) is 5.69. The Balaban J connectivity index is 1.55. The summed E-state index contributed by atoms with van der Waals surface area (Å²) in [6.07, 6.45) is 0.704. The molecule has 6 heteroatoms. The highest BCUT2D eigenvalue weighted by molar-refractivity contribution is 6.30. The molecule has 0 aliphatic rings. The van der Waals surface area contributed by atoms with Crippen LogP contribution >= 0.6 is 11.6 Å². The predicted molar refractivity (Wildman–Crippen MR) is 146 cm³/mol. The number of methoxy groups -OCH3 is 1. The minimum Gasteiger partial charge on any atom is -0.497 e. The summed E-state index contributed by atoms with van der Waals surface area (Å²) in [7, 11) is 1.65. The predicted octanol–water partition coefficient (Wildman–Crippen LogP) is 6.53. The lowest BCUT2D eigenvalue weighted by Crippen LogP contribution is -2.28. The van der Waals surface area contributed by atoms with Gasteiger partial charge in [0.15, 0.2) is 0 Å². The molecular weight excluding hydrogens is 470 g/mol. The molecule has 4 aromatic rings. The van der Waals surface area contributed by atoms with Crippen molar-refractivity contribution in [1.29, 1.82) is 0 Å². The Hall–Kier alpha value is -3.57. The number of hydrogen-bond acceptors (Lipinski definition) is 3. The summed E-state index contributed by atoms with van der Waals surface area (Å²) in [4.78, 5) is 13.2. The van der Waals surface area contributed by atoms with Gasteiger partial charge in [-0.25, -0.2) is 0 Å². The SMILES string of the molecule is COc1cccc(CCNC(=O)c2cc(-c3ccc(Cl)cc3)nn2Cc2ccc(C(C)(C)C)cc2)c1. The minimum absolute atomic E-state index is 0.0831. The van der Waals surface area contributed by atoms with Gasteiger partial charge in [0, 0.05) is 17.1 Å². The third-order valence-electron chi connectivity index (χ3n) is 6.14. The first-order valence-corrected chi connectivity index (χ1v) is 12.4. The molecule has 0 fully saturated rings. The van der Waals surface area contributed by atoms with Gasteiger partial charge in [0.25, 0.3) is 5.91 Å². The van der Waals surface area contributed by atoms with Crippen molar-refractivity contribution in [2.75, 3.05) is 13.7 Å². The average molecular weight is 502 g/mol. The molecule has 0 atom stereocenters. The molecule has 4 rings (SSSR count). The first kappa shape index (κ1) is 25.5. The van der Waals surface area contributed by atoms with E-state index in [1.54, 1.807) is 11.8 Å². The van der Waals surface area contributed by atoms with Crippen molar-refractivity contribution in [2.45, 2.75) is 39.2 Å². The highest BCUT2D eigenvalue weighted by Gasteiger charge is 2.18. The van der Waals surface area contributed by atoms with Crippen molar-refractivity contribution in [3.8, 4) is 17.0 Å². The van der Waals surface area contributed by atoms with E-state index in [1.165, 1.54) is 5.56 Å². The van der Waals surface area contributed by atoms with E-state index < -0.39 is 0 Å². The first-order valence-electron chi connectivity index (χ1n) is 12.1. The van der Waals surface area contributed by atoms with E-state index in [9.17, 15) is 4.79 Å². The Kier molecular flexibility index (Phi) is 7.80. The maximum absolute atomic E-state index is 13.2. The number of aromatic nitrogens is 2. The van der Waals surface area contributed by atoms with Gasteiger partial charge < -0.3 is 10.1 Å². The first-order chi connectivity index (χ1) is 17.2. The van der Waals surface area contributed by atoms with Gasteiger partial charge >= 0.3 is 0 Å². The van der Waals surface area contributed by atoms with Gasteiger partial charge in [-0.15, -0.1) is 0 Å². The number of hydrogen-bond donors (Lipinski definition) is 1. The van der Waals surface area contributed by atoms with Crippen LogP contribution in [0.1, 0.15) is 48.0 Å². The van der Waals surface area contributed by atoms with Crippen molar-refractivity contribution < 1.29 is 9.53 Å². The summed E-state index contributed by atoms with van der Waals surface area (Å²) in [5, 5.41) is 8.49. The Bertz CT molecular complexity index is 1320. The molecule has 0 radical (unpaired) electrons. The number of carbonyl (C=O) groups is 1. The molecule has 0 saturated carbocycles. The zero-order valence-electron chi connectivity index (χ0n) is 21.2. The Morgan fingerprint density at radius 2 is 1.69 bits per heavy atom. The van der Waals surface area contributed by atoms with Crippen LogP contribution < -0.4 is 10.1 Å². The van der Waals surface area contributed by atoms with Crippen LogP contribution in [0.15, 0.2) is 78.9 Å². The summed E-state index contributed by atoms with van der Waals surface area (Å²) < 4.78 is 7.07. The van der Waals surface area contributed by atoms with Gasteiger partial charge in [0.2, 0.25) is 0 Å². The number of ether oxygens (including phenoxy) is 1. The molecule has 0 saturated heterocycles. The topological polar surface area (TPSA) is 56.1 Å². The standard InChI is InChI=1S/C30H32ClN3O2/c1-30(2,3)24-12-8-22(9-13-24)20-34-28(19-27(33-34)23-10-14-25(31)15-11-23)29(35)32-17-16-21-6-5-7-26(18-21)36-4/h5-15,18-19H,16-17,20H2,1-4H3,(H,32,35). The van der Waals surface area contributed by atoms with E-state index in [4.69, 9.17) is 21.4 Å². The lowest BCUT2D eigenvalue weighted by Gasteiger charge is -2.19. The van der Waals surface area contributed by atoms with E-state index in [2.05, 4.69) is 50.4 Å². The maximum Gasteiger partial charge on any atom is 0.269 e. The number of amides is 1. The zero-order chi connectivity index (χ0) is 25.7. The largest absolute Gasteiger partial charge is 0.497 e. The summed E-state index contributed by atoms with van der Waals surface area (Å²) in [6, 6.07) is 25.7. The minimum atomic E-state index is -0.156. The molecule has 1 amide bonds. The second kappa shape index (κ2) is 11.0. The Morgan fingerprint density at radius 3 is 2.36 bits per heavy atom. The molecule has 0 spiro atoms. The fourth-order valence-electron chi connectivity index (χ4n) is 4.00. The fraction of sp³-hybridized carbons (Fsp3) is 0.267. The number of benzene rings is 3. The summed E-state index contributed by atoms with van der Waals surface area (Å²) in [6.45, 7) is 7.59. The molecule has 1 N–H and O–H groups in total. The van der Waals surface area contributed by atoms with Crippen molar-refractivity contribution in [2.24, 2.45) is 0 Å². The quantitative estimate of drug-likeness (QED) is 0.298. The van der Waals surface area contributed by atoms with Crippen LogP contribution in [0.4, 0.5) is 0 Å². The fourth-order valence-corrected chi connectivity index (χ4v) is 4.13. The van der Waals surface area contributed by atoms with E-state index in [0.717, 1.165) is 28.1 Å². The molecule has 36 heavy (non-hydrogen) atoms. The van der Waals surface area contributed by atoms with Crippen LogP contribution in [0.2, 0.25) is 5.02 Å². The van der Waals surface area contributed by atoms with Crippen LogP contribution in [0.25, 0.3) is 11.3 Å². The Labute approximate surface area is 218 Å². The van der Waals surface area contributed by atoms with Crippen molar-refractivity contribution in [1.82, 2.24) is 15.1 Å². The summed E-state index contributed by atoms with van der Waals surface area (Å²) >= 11 is 6.07. The number of carbonyl (C=O) groups excluding carboxylic acids is 1. The van der Waals surface area contributed by atoms with E-state index in [-0.39, 0.29) is 11.3 Å². The third kappa shape index (κ3) is 6.35. The molecule has 186 valence electrons. The highest BCUT2D eigenvalue weighted by Crippen LogP contribution is 2.24. The molecule has 0 aliphatic carbocycles. The Morgan fingerprint density at radius 1 is 0.972 bits per heavy atom. The molecule has 1 aromatic heterocycles. The normalized spacial score (nSPS) is 11.4. The smallest absolute Gasteiger partial charge is 0.269 e. The molecule has 0 aliphatic heterocycles. The van der Waals surface area contributed by atoms with Gasteiger partial charge in [0.05, 0.1) is 19.3 Å². The van der Waals surface area contributed by atoms with Crippen molar-refractivity contribution >= 4 is 17.5 Å². The molecule has 0 unspecified atom stereocenters. The van der Waals surface area contributed by atoms with Crippen molar-refractivity contribution in [3.05, 3.63) is 106 Å². The number of rotatable bonds is 8. The van der Waals surface area contributed by atoms with Gasteiger partial charge in [-0.3, -0.25) is 9.48 Å². The van der Waals surface area contributed by atoms with Crippen LogP contribution in [0, 0.1) is 0 Å². The van der Waals surface area contributed by atoms with Crippen LogP contribution in [-0.4, -0.2) is 29.3 Å². The maximum atomic E-state index is 13.2. The van der Waals surface area contributed by atoms with E-state index >= 15 is 0 Å². The monoisotopic (exact) mass is 501 g/mol. The summed E-state index contributed by atoms with van der Waals surface area (Å²) in [5.74, 6) is 0.652. The number of halogens is 1. The molecule has 5 nitrogen and oxygen atoms in total. The van der Waals surface area contributed by atoms with Gasteiger partial charge in [0.1, 0.15) is 11.4 Å². The lowest BCUT2D eigenvalue weighted by molar-refractivity contribution is 0.0944. The van der Waals surface area contributed by atoms with Crippen LogP contribution in [-0.2, 0) is 18.4 Å². The highest BCUT2D eigenvalue weighted by atomic mass is 35.5. The second-order valence-corrected chi connectivity index (χ2v) is 10.3. The second-order valence-electron chi connectivity index (χ2n) is 9.88. The van der Waals surface area contributed by atoms with Gasteiger partial charge in [-0.1, -0.05) is 80.9 Å². The van der Waals surface area contributed by atoms with Gasteiger partial charge in [-0.2, -0.15) is 5.10 Å². The van der Waals surface area contributed by atoms with E-state index in [0.29, 0.717) is 30.2 Å². The van der Waals surface area contributed by atoms with Crippen molar-refractivity contribution in [3.63, 3.8) is 0 Å². The molecule has 1 heterocycles. The van der Waals surface area contributed by atoms with E-state index in [1.807, 2.05) is 54.6 Å². The third-order valence-corrected chi connectivity index (χ3v) is 6.39. The van der Waals surface area contributed by atoms with Crippen LogP contribution in [0.5, 0.6) is 5.75 Å². The van der Waals surface area contributed by atoms with Crippen LogP contribution in [0.3, 0.4) is 0 Å². The molecule has 3 aromatic carbocycles. The average Bonchev–Trinajstić information content (AvgIpc) is 3.28. The lowest BCUT2D eigenvalue weighted by atomic mass is 9.87. The van der Waals surface area contributed by atoms with Gasteiger partial charge in [-0.05, 0) is 58.9 Å². The number of nitrogens with one attached hydrogen (secondary N) is 1. The molecular formula is C30H32ClN3O2. The molecule has 0 bridgehead atoms.